The Labute approximate surface area is 175 Å². The van der Waals surface area contributed by atoms with E-state index in [-0.39, 0.29) is 18.3 Å². The zero-order valence-corrected chi connectivity index (χ0v) is 17.3. The second kappa shape index (κ2) is 7.29. The van der Waals surface area contributed by atoms with Crippen molar-refractivity contribution in [3.8, 4) is 11.5 Å². The molecule has 3 N–H and O–H groups in total. The fourth-order valence-corrected chi connectivity index (χ4v) is 4.03. The first-order valence-corrected chi connectivity index (χ1v) is 10.0. The number of aliphatic hydroxyl groups is 1. The van der Waals surface area contributed by atoms with Crippen molar-refractivity contribution in [2.45, 2.75) is 51.4 Å². The second-order valence-electron chi connectivity index (χ2n) is 8.57. The third-order valence-electron chi connectivity index (χ3n) is 5.79. The lowest BCUT2D eigenvalue weighted by atomic mass is 9.96. The van der Waals surface area contributed by atoms with Crippen molar-refractivity contribution in [3.05, 3.63) is 65.5 Å². The number of carbonyl (C=O) groups is 1. The Hall–Kier alpha value is -3.12. The molecule has 4 rings (SSSR count). The maximum Gasteiger partial charge on any atom is 0.373 e. The number of rotatable bonds is 5. The van der Waals surface area contributed by atoms with Crippen molar-refractivity contribution < 1.29 is 29.4 Å². The van der Waals surface area contributed by atoms with Gasteiger partial charge in [-0.15, -0.1) is 0 Å². The van der Waals surface area contributed by atoms with Crippen LogP contribution in [0.15, 0.2) is 48.7 Å². The molecule has 2 heterocycles. The lowest BCUT2D eigenvalue weighted by molar-refractivity contribution is -0.714. The SMILES string of the molecule is Cc1cc2ccc3c(c2c[n+]1[C@H](Cc1ccc(O)cc1)C(=O)O)O[C@@H](C(C)(C)O)C3. The van der Waals surface area contributed by atoms with Gasteiger partial charge in [0.15, 0.2) is 11.9 Å². The summed E-state index contributed by atoms with van der Waals surface area (Å²) in [6.07, 6.45) is 2.39. The number of pyridine rings is 1. The van der Waals surface area contributed by atoms with Crippen LogP contribution in [0.5, 0.6) is 11.5 Å². The summed E-state index contributed by atoms with van der Waals surface area (Å²) < 4.78 is 7.88. The number of aromatic hydroxyl groups is 1. The molecule has 156 valence electrons. The molecule has 0 bridgehead atoms. The lowest BCUT2D eigenvalue weighted by Gasteiger charge is -2.24. The topological polar surface area (TPSA) is 90.9 Å². The third-order valence-corrected chi connectivity index (χ3v) is 5.79. The summed E-state index contributed by atoms with van der Waals surface area (Å²) >= 11 is 0. The summed E-state index contributed by atoms with van der Waals surface area (Å²) in [5.74, 6) is -0.0743. The van der Waals surface area contributed by atoms with Gasteiger partial charge < -0.3 is 20.1 Å². The number of phenolic OH excluding ortho intramolecular Hbond substituents is 1. The van der Waals surface area contributed by atoms with Crippen LogP contribution in [0.3, 0.4) is 0 Å². The maximum absolute atomic E-state index is 12.1. The highest BCUT2D eigenvalue weighted by Gasteiger charge is 2.37. The number of hydrogen-bond acceptors (Lipinski definition) is 4. The van der Waals surface area contributed by atoms with E-state index < -0.39 is 17.6 Å². The van der Waals surface area contributed by atoms with Gasteiger partial charge in [-0.05, 0) is 42.5 Å². The van der Waals surface area contributed by atoms with E-state index in [1.165, 1.54) is 0 Å². The molecule has 0 fully saturated rings. The molecule has 1 aliphatic rings. The molecule has 30 heavy (non-hydrogen) atoms. The first-order chi connectivity index (χ1) is 14.1. The molecule has 1 aromatic heterocycles. The predicted octanol–water partition coefficient (Wildman–Crippen LogP) is 3.08. The van der Waals surface area contributed by atoms with Crippen LogP contribution >= 0.6 is 0 Å². The number of phenols is 1. The molecule has 0 saturated carbocycles. The van der Waals surface area contributed by atoms with Gasteiger partial charge in [0.1, 0.15) is 17.6 Å². The normalized spacial score (nSPS) is 16.9. The average Bonchev–Trinajstić information content (AvgIpc) is 3.12. The Morgan fingerprint density at radius 3 is 2.57 bits per heavy atom. The minimum Gasteiger partial charge on any atom is -0.508 e. The highest BCUT2D eigenvalue weighted by molar-refractivity contribution is 5.89. The van der Waals surface area contributed by atoms with Gasteiger partial charge in [0, 0.05) is 25.8 Å². The standard InChI is InChI=1S/C24H25NO5/c1-14-10-16-6-7-17-12-21(24(2,3)29)30-22(17)19(16)13-25(14)20(23(27)28)11-15-4-8-18(26)9-5-15/h4-10,13,20-21,29H,11-12H2,1-3H3,(H-,26,27,28)/p+1/t20-,21-/m1/s1. The Kier molecular flexibility index (Phi) is 4.90. The number of aliphatic carboxylic acids is 1. The maximum atomic E-state index is 12.1. The molecule has 2 atom stereocenters. The molecule has 0 aliphatic carbocycles. The highest BCUT2D eigenvalue weighted by atomic mass is 16.5. The summed E-state index contributed by atoms with van der Waals surface area (Å²) in [6.45, 7) is 5.35. The molecule has 2 aromatic carbocycles. The molecule has 3 aromatic rings. The van der Waals surface area contributed by atoms with Crippen LogP contribution in [0, 0.1) is 6.92 Å². The molecule has 1 aliphatic heterocycles. The number of aromatic nitrogens is 1. The van der Waals surface area contributed by atoms with E-state index in [4.69, 9.17) is 4.74 Å². The fraction of sp³-hybridized carbons (Fsp3) is 0.333. The van der Waals surface area contributed by atoms with Gasteiger partial charge in [0.05, 0.1) is 11.0 Å². The van der Waals surface area contributed by atoms with Gasteiger partial charge in [-0.1, -0.05) is 24.3 Å². The van der Waals surface area contributed by atoms with Crippen molar-refractivity contribution in [2.75, 3.05) is 0 Å². The summed E-state index contributed by atoms with van der Waals surface area (Å²) in [5.41, 5.74) is 1.68. The number of carboxylic acid groups (broad SMARTS) is 1. The summed E-state index contributed by atoms with van der Waals surface area (Å²) in [5, 5.41) is 31.6. The van der Waals surface area contributed by atoms with E-state index >= 15 is 0 Å². The monoisotopic (exact) mass is 408 g/mol. The third kappa shape index (κ3) is 3.71. The van der Waals surface area contributed by atoms with Crippen molar-refractivity contribution >= 4 is 16.7 Å². The first-order valence-electron chi connectivity index (χ1n) is 10.0. The molecule has 0 spiro atoms. The molecule has 6 heteroatoms. The molecule has 6 nitrogen and oxygen atoms in total. The average molecular weight is 408 g/mol. The van der Waals surface area contributed by atoms with Crippen molar-refractivity contribution in [3.63, 3.8) is 0 Å². The van der Waals surface area contributed by atoms with Gasteiger partial charge in [0.25, 0.3) is 6.04 Å². The Balaban J connectivity index is 1.78. The van der Waals surface area contributed by atoms with Gasteiger partial charge in [0.2, 0.25) is 0 Å². The molecule has 0 saturated heterocycles. The molecule has 0 radical (unpaired) electrons. The van der Waals surface area contributed by atoms with Crippen LogP contribution in [0.2, 0.25) is 0 Å². The van der Waals surface area contributed by atoms with Crippen LogP contribution in [0.4, 0.5) is 0 Å². The van der Waals surface area contributed by atoms with Crippen LogP contribution < -0.4 is 9.30 Å². The van der Waals surface area contributed by atoms with E-state index in [0.717, 1.165) is 27.6 Å². The van der Waals surface area contributed by atoms with Crippen molar-refractivity contribution in [1.82, 2.24) is 0 Å². The van der Waals surface area contributed by atoms with Gasteiger partial charge in [-0.25, -0.2) is 4.79 Å². The molecule has 0 unspecified atom stereocenters. The smallest absolute Gasteiger partial charge is 0.373 e. The number of fused-ring (bicyclic) bond motifs is 3. The zero-order chi connectivity index (χ0) is 21.6. The van der Waals surface area contributed by atoms with Gasteiger partial charge in [-0.2, -0.15) is 4.57 Å². The number of hydrogen-bond donors (Lipinski definition) is 3. The van der Waals surface area contributed by atoms with E-state index in [1.807, 2.05) is 31.3 Å². The minimum absolute atomic E-state index is 0.147. The Morgan fingerprint density at radius 2 is 1.93 bits per heavy atom. The van der Waals surface area contributed by atoms with Crippen LogP contribution in [0.1, 0.15) is 36.7 Å². The first kappa shape index (κ1) is 20.2. The zero-order valence-electron chi connectivity index (χ0n) is 17.3. The van der Waals surface area contributed by atoms with Crippen molar-refractivity contribution in [2.24, 2.45) is 0 Å². The fourth-order valence-electron chi connectivity index (χ4n) is 4.03. The Morgan fingerprint density at radius 1 is 1.23 bits per heavy atom. The molecule has 0 amide bonds. The lowest BCUT2D eigenvalue weighted by Crippen LogP contribution is -2.47. The number of aryl methyl sites for hydroxylation is 1. The number of nitrogens with zero attached hydrogens (tertiary/aromatic N) is 1. The van der Waals surface area contributed by atoms with E-state index in [1.54, 1.807) is 42.7 Å². The number of ether oxygens (including phenoxy) is 1. The minimum atomic E-state index is -0.978. The van der Waals surface area contributed by atoms with Gasteiger partial charge in [-0.3, -0.25) is 0 Å². The van der Waals surface area contributed by atoms with Crippen molar-refractivity contribution in [1.29, 1.82) is 0 Å². The van der Waals surface area contributed by atoms with E-state index in [2.05, 4.69) is 0 Å². The largest absolute Gasteiger partial charge is 0.508 e. The quantitative estimate of drug-likeness (QED) is 0.565. The van der Waals surface area contributed by atoms with Crippen LogP contribution in [0.25, 0.3) is 10.8 Å². The predicted molar refractivity (Wildman–Crippen MR) is 112 cm³/mol. The number of benzene rings is 2. The molecular formula is C24H26NO5+. The van der Waals surface area contributed by atoms with E-state index in [0.29, 0.717) is 12.2 Å². The van der Waals surface area contributed by atoms with Gasteiger partial charge >= 0.3 is 5.97 Å². The highest BCUT2D eigenvalue weighted by Crippen LogP contribution is 2.38. The molecular weight excluding hydrogens is 382 g/mol. The van der Waals surface area contributed by atoms with Crippen LogP contribution in [-0.4, -0.2) is 33.0 Å². The second-order valence-corrected chi connectivity index (χ2v) is 8.57. The summed E-state index contributed by atoms with van der Waals surface area (Å²) in [4.78, 5) is 12.1. The Bertz CT molecular complexity index is 1120. The summed E-state index contributed by atoms with van der Waals surface area (Å²) in [6, 6.07) is 11.8. The summed E-state index contributed by atoms with van der Waals surface area (Å²) in [7, 11) is 0. The number of carboxylic acids is 1. The van der Waals surface area contributed by atoms with Crippen LogP contribution in [-0.2, 0) is 17.6 Å². The van der Waals surface area contributed by atoms with E-state index in [9.17, 15) is 20.1 Å².